The number of hydrogen-bond donors (Lipinski definition) is 0. The van der Waals surface area contributed by atoms with Gasteiger partial charge < -0.3 is 9.47 Å². The second kappa shape index (κ2) is 11.3. The molecule has 0 atom stereocenters. The lowest BCUT2D eigenvalue weighted by molar-refractivity contribution is -0.143. The van der Waals surface area contributed by atoms with Gasteiger partial charge in [-0.3, -0.25) is 0 Å². The van der Waals surface area contributed by atoms with E-state index in [9.17, 15) is 9.59 Å². The van der Waals surface area contributed by atoms with Gasteiger partial charge in [0.25, 0.3) is 0 Å². The second-order valence-corrected chi connectivity index (χ2v) is 6.25. The Labute approximate surface area is 140 Å². The SMILES string of the molecule is CCCC/C(C(=O)OCCC)=C(/C(=O)OCCC)C1CCCC1. The lowest BCUT2D eigenvalue weighted by Crippen LogP contribution is -2.22. The van der Waals surface area contributed by atoms with Crippen LogP contribution < -0.4 is 0 Å². The van der Waals surface area contributed by atoms with E-state index in [0.29, 0.717) is 30.8 Å². The van der Waals surface area contributed by atoms with Crippen LogP contribution in [0.4, 0.5) is 0 Å². The van der Waals surface area contributed by atoms with Crippen molar-refractivity contribution < 1.29 is 19.1 Å². The average Bonchev–Trinajstić information content (AvgIpc) is 3.08. The largest absolute Gasteiger partial charge is 0.462 e. The minimum absolute atomic E-state index is 0.153. The van der Waals surface area contributed by atoms with Crippen molar-refractivity contribution in [3.8, 4) is 0 Å². The maximum atomic E-state index is 12.6. The number of unbranched alkanes of at least 4 members (excludes halogenated alkanes) is 1. The summed E-state index contributed by atoms with van der Waals surface area (Å²) >= 11 is 0. The van der Waals surface area contributed by atoms with Crippen molar-refractivity contribution in [3.63, 3.8) is 0 Å². The molecule has 0 aromatic heterocycles. The Balaban J connectivity index is 3.09. The van der Waals surface area contributed by atoms with Gasteiger partial charge in [0.15, 0.2) is 0 Å². The highest BCUT2D eigenvalue weighted by Crippen LogP contribution is 2.35. The fourth-order valence-electron chi connectivity index (χ4n) is 3.01. The van der Waals surface area contributed by atoms with Crippen LogP contribution in [-0.2, 0) is 19.1 Å². The molecule has 0 N–H and O–H groups in total. The number of hydrogen-bond acceptors (Lipinski definition) is 4. The maximum Gasteiger partial charge on any atom is 0.334 e. The first kappa shape index (κ1) is 19.7. The highest BCUT2D eigenvalue weighted by Gasteiger charge is 2.31. The zero-order chi connectivity index (χ0) is 17.1. The molecule has 0 amide bonds. The first-order valence-electron chi connectivity index (χ1n) is 9.22. The minimum Gasteiger partial charge on any atom is -0.462 e. The van der Waals surface area contributed by atoms with E-state index < -0.39 is 0 Å². The molecule has 0 bridgehead atoms. The van der Waals surface area contributed by atoms with Gasteiger partial charge >= 0.3 is 11.9 Å². The molecule has 0 saturated heterocycles. The molecule has 1 aliphatic carbocycles. The highest BCUT2D eigenvalue weighted by molar-refractivity contribution is 6.00. The van der Waals surface area contributed by atoms with Gasteiger partial charge in [-0.15, -0.1) is 0 Å². The topological polar surface area (TPSA) is 52.6 Å². The van der Waals surface area contributed by atoms with Crippen LogP contribution in [0.5, 0.6) is 0 Å². The molecule has 0 unspecified atom stereocenters. The molecule has 0 aromatic rings. The fraction of sp³-hybridized carbons (Fsp3) is 0.789. The van der Waals surface area contributed by atoms with Crippen molar-refractivity contribution in [3.05, 3.63) is 11.1 Å². The van der Waals surface area contributed by atoms with Crippen LogP contribution in [0.25, 0.3) is 0 Å². The van der Waals surface area contributed by atoms with Gasteiger partial charge in [0.2, 0.25) is 0 Å². The van der Waals surface area contributed by atoms with E-state index in [4.69, 9.17) is 9.47 Å². The summed E-state index contributed by atoms with van der Waals surface area (Å²) in [6.45, 7) is 6.83. The van der Waals surface area contributed by atoms with E-state index in [1.165, 1.54) is 0 Å². The number of rotatable bonds is 10. The molecule has 1 aliphatic rings. The van der Waals surface area contributed by atoms with E-state index in [0.717, 1.165) is 51.4 Å². The van der Waals surface area contributed by atoms with Crippen LogP contribution in [-0.4, -0.2) is 25.2 Å². The van der Waals surface area contributed by atoms with Gasteiger partial charge in [0.1, 0.15) is 0 Å². The van der Waals surface area contributed by atoms with Crippen LogP contribution in [0.15, 0.2) is 11.1 Å². The normalized spacial score (nSPS) is 16.1. The summed E-state index contributed by atoms with van der Waals surface area (Å²) in [7, 11) is 0. The Morgan fingerprint density at radius 1 is 0.870 bits per heavy atom. The molecular weight excluding hydrogens is 292 g/mol. The molecule has 1 rings (SSSR count). The third kappa shape index (κ3) is 6.36. The summed E-state index contributed by atoms with van der Waals surface area (Å²) in [6.07, 6.45) is 8.19. The van der Waals surface area contributed by atoms with Crippen molar-refractivity contribution in [2.45, 2.75) is 78.6 Å². The van der Waals surface area contributed by atoms with Crippen LogP contribution in [0.1, 0.15) is 78.6 Å². The van der Waals surface area contributed by atoms with E-state index >= 15 is 0 Å². The van der Waals surface area contributed by atoms with Crippen molar-refractivity contribution >= 4 is 11.9 Å². The number of esters is 2. The van der Waals surface area contributed by atoms with Crippen molar-refractivity contribution in [2.24, 2.45) is 5.92 Å². The number of carbonyl (C=O) groups is 2. The van der Waals surface area contributed by atoms with E-state index in [1.54, 1.807) is 0 Å². The smallest absolute Gasteiger partial charge is 0.334 e. The third-order valence-electron chi connectivity index (χ3n) is 4.21. The molecule has 0 heterocycles. The first-order chi connectivity index (χ1) is 11.2. The zero-order valence-electron chi connectivity index (χ0n) is 15.0. The molecule has 1 saturated carbocycles. The Hall–Kier alpha value is -1.32. The number of carbonyl (C=O) groups excluding carboxylic acids is 2. The summed E-state index contributed by atoms with van der Waals surface area (Å²) in [6, 6.07) is 0. The molecule has 4 nitrogen and oxygen atoms in total. The van der Waals surface area contributed by atoms with Crippen molar-refractivity contribution in [1.82, 2.24) is 0 Å². The molecule has 0 radical (unpaired) electrons. The van der Waals surface area contributed by atoms with Gasteiger partial charge in [-0.05, 0) is 44.4 Å². The number of ether oxygens (including phenoxy) is 2. The molecule has 4 heteroatoms. The maximum absolute atomic E-state index is 12.6. The Bertz CT molecular complexity index is 406. The molecule has 0 aromatic carbocycles. The predicted molar refractivity (Wildman–Crippen MR) is 91.0 cm³/mol. The molecule has 0 spiro atoms. The highest BCUT2D eigenvalue weighted by atomic mass is 16.5. The van der Waals surface area contributed by atoms with Gasteiger partial charge in [-0.25, -0.2) is 9.59 Å². The Kier molecular flexibility index (Phi) is 9.65. The lowest BCUT2D eigenvalue weighted by atomic mass is 9.90. The van der Waals surface area contributed by atoms with Gasteiger partial charge in [-0.2, -0.15) is 0 Å². The zero-order valence-corrected chi connectivity index (χ0v) is 15.0. The minimum atomic E-state index is -0.323. The molecule has 1 fully saturated rings. The summed E-state index contributed by atoms with van der Waals surface area (Å²) in [5.41, 5.74) is 1.17. The fourth-order valence-corrected chi connectivity index (χ4v) is 3.01. The van der Waals surface area contributed by atoms with Crippen LogP contribution in [0, 0.1) is 5.92 Å². The summed E-state index contributed by atoms with van der Waals surface area (Å²) in [5.74, 6) is -0.477. The monoisotopic (exact) mass is 324 g/mol. The van der Waals surface area contributed by atoms with Crippen LogP contribution in [0.2, 0.25) is 0 Å². The molecular formula is C19H32O4. The standard InChI is InChI=1S/C19H32O4/c1-4-7-12-16(18(20)22-13-5-2)17(15-10-8-9-11-15)19(21)23-14-6-3/h15H,4-14H2,1-3H3/b17-16-. The summed E-state index contributed by atoms with van der Waals surface area (Å²) in [4.78, 5) is 25.1. The summed E-state index contributed by atoms with van der Waals surface area (Å²) in [5, 5.41) is 0. The van der Waals surface area contributed by atoms with Gasteiger partial charge in [0.05, 0.1) is 18.8 Å². The van der Waals surface area contributed by atoms with Gasteiger partial charge in [-0.1, -0.05) is 40.0 Å². The second-order valence-electron chi connectivity index (χ2n) is 6.25. The summed E-state index contributed by atoms with van der Waals surface area (Å²) < 4.78 is 10.7. The van der Waals surface area contributed by atoms with Crippen molar-refractivity contribution in [2.75, 3.05) is 13.2 Å². The third-order valence-corrected chi connectivity index (χ3v) is 4.21. The Morgan fingerprint density at radius 2 is 1.43 bits per heavy atom. The van der Waals surface area contributed by atoms with E-state index in [-0.39, 0.29) is 17.9 Å². The Morgan fingerprint density at radius 3 is 1.96 bits per heavy atom. The first-order valence-corrected chi connectivity index (χ1v) is 9.22. The molecule has 23 heavy (non-hydrogen) atoms. The average molecular weight is 324 g/mol. The molecule has 132 valence electrons. The van der Waals surface area contributed by atoms with Crippen LogP contribution >= 0.6 is 0 Å². The van der Waals surface area contributed by atoms with Crippen molar-refractivity contribution in [1.29, 1.82) is 0 Å². The van der Waals surface area contributed by atoms with Crippen LogP contribution in [0.3, 0.4) is 0 Å². The molecule has 0 aliphatic heterocycles. The van der Waals surface area contributed by atoms with E-state index in [2.05, 4.69) is 6.92 Å². The lowest BCUT2D eigenvalue weighted by Gasteiger charge is -2.19. The van der Waals surface area contributed by atoms with Gasteiger partial charge in [0, 0.05) is 5.57 Å². The predicted octanol–water partition coefficient (Wildman–Crippen LogP) is 4.57. The van der Waals surface area contributed by atoms with E-state index in [1.807, 2.05) is 13.8 Å². The quantitative estimate of drug-likeness (QED) is 0.436.